The predicted molar refractivity (Wildman–Crippen MR) is 90.6 cm³/mol. The van der Waals surface area contributed by atoms with Crippen molar-refractivity contribution in [2.45, 2.75) is 13.8 Å². The second-order valence-corrected chi connectivity index (χ2v) is 5.63. The Labute approximate surface area is 140 Å². The molecule has 0 saturated carbocycles. The molecule has 3 rings (SSSR count). The van der Waals surface area contributed by atoms with Crippen molar-refractivity contribution in [3.05, 3.63) is 58.8 Å². The molecule has 24 heavy (non-hydrogen) atoms. The Balaban J connectivity index is 2.06. The summed E-state index contributed by atoms with van der Waals surface area (Å²) in [6, 6.07) is 12.7. The van der Waals surface area contributed by atoms with Gasteiger partial charge in [-0.1, -0.05) is 12.1 Å². The van der Waals surface area contributed by atoms with Crippen LogP contribution in [-0.4, -0.2) is 17.6 Å². The zero-order valence-corrected chi connectivity index (χ0v) is 13.4. The average Bonchev–Trinajstić information content (AvgIpc) is 2.56. The van der Waals surface area contributed by atoms with Crippen LogP contribution in [0, 0.1) is 25.2 Å². The van der Waals surface area contributed by atoms with E-state index in [0.717, 1.165) is 16.7 Å². The van der Waals surface area contributed by atoms with Gasteiger partial charge in [0, 0.05) is 0 Å². The lowest BCUT2D eigenvalue weighted by Crippen LogP contribution is -2.37. The molecular formula is C19H16N2O3. The van der Waals surface area contributed by atoms with Gasteiger partial charge in [0.25, 0.3) is 5.91 Å². The molecule has 120 valence electrons. The first kappa shape index (κ1) is 15.6. The maximum Gasteiger partial charge on any atom is 0.295 e. The monoisotopic (exact) mass is 320 g/mol. The minimum Gasteiger partial charge on any atom is -0.507 e. The van der Waals surface area contributed by atoms with Crippen LogP contribution in [0.3, 0.4) is 0 Å². The van der Waals surface area contributed by atoms with Gasteiger partial charge in [-0.2, -0.15) is 5.26 Å². The Hall–Kier alpha value is -3.26. The third kappa shape index (κ3) is 2.70. The molecule has 0 saturated heterocycles. The summed E-state index contributed by atoms with van der Waals surface area (Å²) in [4.78, 5) is 14.0. The van der Waals surface area contributed by atoms with Gasteiger partial charge in [0.1, 0.15) is 12.3 Å². The average molecular weight is 320 g/mol. The summed E-state index contributed by atoms with van der Waals surface area (Å²) in [6.45, 7) is 3.54. The number of fused-ring (bicyclic) bond motifs is 1. The van der Waals surface area contributed by atoms with Crippen LogP contribution in [0.4, 0.5) is 5.69 Å². The minimum atomic E-state index is -0.362. The van der Waals surface area contributed by atoms with Crippen molar-refractivity contribution in [3.8, 4) is 17.6 Å². The second kappa shape index (κ2) is 6.09. The fourth-order valence-electron chi connectivity index (χ4n) is 2.71. The Morgan fingerprint density at radius 2 is 1.92 bits per heavy atom. The number of rotatable bonds is 2. The number of hydrogen-bond acceptors (Lipinski definition) is 4. The second-order valence-electron chi connectivity index (χ2n) is 5.63. The molecule has 0 aliphatic carbocycles. The lowest BCUT2D eigenvalue weighted by atomic mass is 10.0. The molecule has 1 aliphatic heterocycles. The van der Waals surface area contributed by atoms with Crippen molar-refractivity contribution in [3.63, 3.8) is 0 Å². The van der Waals surface area contributed by atoms with E-state index in [1.54, 1.807) is 50.3 Å². The van der Waals surface area contributed by atoms with E-state index in [1.807, 2.05) is 12.1 Å². The smallest absolute Gasteiger partial charge is 0.295 e. The summed E-state index contributed by atoms with van der Waals surface area (Å²) in [6.07, 6.45) is 1.63. The van der Waals surface area contributed by atoms with Gasteiger partial charge in [-0.05, 0) is 60.9 Å². The fraction of sp³-hybridized carbons (Fsp3) is 0.158. The molecule has 5 nitrogen and oxygen atoms in total. The summed E-state index contributed by atoms with van der Waals surface area (Å²) in [5.41, 5.74) is 2.78. The van der Waals surface area contributed by atoms with Crippen molar-refractivity contribution in [1.29, 1.82) is 5.26 Å². The Bertz CT molecular complexity index is 871. The number of carbonyl (C=O) groups excluding carboxylic acids is 1. The number of nitrogens with zero attached hydrogens (tertiary/aromatic N) is 2. The molecule has 0 fully saturated rings. The number of phenols is 1. The molecule has 1 amide bonds. The van der Waals surface area contributed by atoms with E-state index in [0.29, 0.717) is 11.4 Å². The van der Waals surface area contributed by atoms with E-state index in [2.05, 4.69) is 0 Å². The van der Waals surface area contributed by atoms with Crippen LogP contribution in [0.25, 0.3) is 6.08 Å². The van der Waals surface area contributed by atoms with Crippen molar-refractivity contribution >= 4 is 17.7 Å². The first-order valence-electron chi connectivity index (χ1n) is 7.49. The molecule has 1 N–H and O–H groups in total. The highest BCUT2D eigenvalue weighted by Crippen LogP contribution is 2.35. The van der Waals surface area contributed by atoms with E-state index in [-0.39, 0.29) is 24.0 Å². The van der Waals surface area contributed by atoms with Crippen LogP contribution in [0.2, 0.25) is 0 Å². The quantitative estimate of drug-likeness (QED) is 0.680. The van der Waals surface area contributed by atoms with Gasteiger partial charge in [0.2, 0.25) is 0 Å². The third-order valence-electron chi connectivity index (χ3n) is 3.87. The number of para-hydroxylation sites is 2. The van der Waals surface area contributed by atoms with Crippen molar-refractivity contribution < 1.29 is 14.6 Å². The van der Waals surface area contributed by atoms with Crippen LogP contribution < -0.4 is 9.64 Å². The largest absolute Gasteiger partial charge is 0.507 e. The number of benzene rings is 2. The molecule has 2 aromatic rings. The molecule has 1 aliphatic rings. The van der Waals surface area contributed by atoms with Crippen molar-refractivity contribution in [1.82, 2.24) is 0 Å². The fourth-order valence-corrected chi connectivity index (χ4v) is 2.71. The number of aromatic hydroxyl groups is 1. The van der Waals surface area contributed by atoms with Crippen molar-refractivity contribution in [2.24, 2.45) is 0 Å². The first-order valence-corrected chi connectivity index (χ1v) is 7.49. The molecule has 0 atom stereocenters. The number of amides is 1. The number of carbonyl (C=O) groups is 1. The molecule has 0 bridgehead atoms. The number of nitriles is 1. The Kier molecular flexibility index (Phi) is 3.97. The molecule has 0 radical (unpaired) electrons. The predicted octanol–water partition coefficient (Wildman–Crippen LogP) is 3.30. The van der Waals surface area contributed by atoms with Crippen LogP contribution in [-0.2, 0) is 4.79 Å². The standard InChI is InChI=1S/C19H16N2O3/c1-12-9-14(10-13(2)18(12)22)11-17-19(23)21(8-7-20)15-5-3-4-6-16(15)24-17/h3-6,9-11,22H,8H2,1-2H3. The number of hydrogen-bond donors (Lipinski definition) is 1. The topological polar surface area (TPSA) is 73.6 Å². The molecule has 0 unspecified atom stereocenters. The third-order valence-corrected chi connectivity index (χ3v) is 3.87. The van der Waals surface area contributed by atoms with Gasteiger partial charge in [0.05, 0.1) is 11.8 Å². The van der Waals surface area contributed by atoms with E-state index in [4.69, 9.17) is 10.00 Å². The van der Waals surface area contributed by atoms with Crippen LogP contribution in [0.15, 0.2) is 42.2 Å². The number of anilines is 1. The van der Waals surface area contributed by atoms with Gasteiger partial charge in [0.15, 0.2) is 11.5 Å². The van der Waals surface area contributed by atoms with Crippen LogP contribution in [0.1, 0.15) is 16.7 Å². The maximum atomic E-state index is 12.7. The normalized spacial score (nSPS) is 15.0. The van der Waals surface area contributed by atoms with E-state index < -0.39 is 0 Å². The highest BCUT2D eigenvalue weighted by atomic mass is 16.5. The lowest BCUT2D eigenvalue weighted by Gasteiger charge is -2.28. The zero-order chi connectivity index (χ0) is 17.3. The summed E-state index contributed by atoms with van der Waals surface area (Å²) < 4.78 is 5.73. The molecule has 0 aromatic heterocycles. The summed E-state index contributed by atoms with van der Waals surface area (Å²) >= 11 is 0. The Morgan fingerprint density at radius 3 is 2.58 bits per heavy atom. The number of phenolic OH excluding ortho intramolecular Hbond substituents is 1. The highest BCUT2D eigenvalue weighted by molar-refractivity contribution is 6.10. The van der Waals surface area contributed by atoms with Gasteiger partial charge < -0.3 is 9.84 Å². The van der Waals surface area contributed by atoms with E-state index in [9.17, 15) is 9.90 Å². The van der Waals surface area contributed by atoms with Crippen molar-refractivity contribution in [2.75, 3.05) is 11.4 Å². The van der Waals surface area contributed by atoms with E-state index in [1.165, 1.54) is 4.90 Å². The minimum absolute atomic E-state index is 0.0514. The maximum absolute atomic E-state index is 12.7. The first-order chi connectivity index (χ1) is 11.5. The summed E-state index contributed by atoms with van der Waals surface area (Å²) in [5.74, 6) is 0.558. The van der Waals surface area contributed by atoms with Crippen LogP contribution in [0.5, 0.6) is 11.5 Å². The Morgan fingerprint density at radius 1 is 1.25 bits per heavy atom. The SMILES string of the molecule is Cc1cc(C=C2Oc3ccccc3N(CC#N)C2=O)cc(C)c1O. The van der Waals surface area contributed by atoms with Gasteiger partial charge >= 0.3 is 0 Å². The summed E-state index contributed by atoms with van der Waals surface area (Å²) in [5, 5.41) is 18.9. The molecular weight excluding hydrogens is 304 g/mol. The molecule has 5 heteroatoms. The number of aryl methyl sites for hydroxylation is 2. The molecule has 2 aromatic carbocycles. The van der Waals surface area contributed by atoms with Gasteiger partial charge in [-0.15, -0.1) is 0 Å². The highest BCUT2D eigenvalue weighted by Gasteiger charge is 2.29. The molecule has 1 heterocycles. The van der Waals surface area contributed by atoms with Gasteiger partial charge in [-0.3, -0.25) is 9.69 Å². The van der Waals surface area contributed by atoms with Crippen LogP contribution >= 0.6 is 0 Å². The summed E-state index contributed by atoms with van der Waals surface area (Å²) in [7, 11) is 0. The number of ether oxygens (including phenoxy) is 1. The van der Waals surface area contributed by atoms with E-state index >= 15 is 0 Å². The molecule has 0 spiro atoms. The lowest BCUT2D eigenvalue weighted by molar-refractivity contribution is -0.117. The zero-order valence-electron chi connectivity index (χ0n) is 13.4. The van der Waals surface area contributed by atoms with Gasteiger partial charge in [-0.25, -0.2) is 0 Å².